The highest BCUT2D eigenvalue weighted by atomic mass is 79.9. The summed E-state index contributed by atoms with van der Waals surface area (Å²) in [5.41, 5.74) is 6.29. The largest absolute Gasteiger partial charge is 0.465 e. The zero-order valence-electron chi connectivity index (χ0n) is 8.21. The topological polar surface area (TPSA) is 52.3 Å². The van der Waals surface area contributed by atoms with Crippen molar-refractivity contribution < 1.29 is 9.53 Å². The molecule has 0 radical (unpaired) electrons. The number of fused-ring (bicyclic) bond motifs is 1. The Balaban J connectivity index is 2.77. The minimum absolute atomic E-state index is 0.387. The van der Waals surface area contributed by atoms with Gasteiger partial charge in [-0.25, -0.2) is 4.79 Å². The summed E-state index contributed by atoms with van der Waals surface area (Å²) in [5.74, 6) is -0.439. The number of nitrogens with two attached hydrogens (primary N) is 1. The third kappa shape index (κ3) is 1.69. The summed E-state index contributed by atoms with van der Waals surface area (Å²) in [7, 11) is 1.32. The number of thiophene rings is 1. The highest BCUT2D eigenvalue weighted by Crippen LogP contribution is 2.41. The minimum Gasteiger partial charge on any atom is -0.465 e. The number of methoxy groups -OCH3 is 1. The Morgan fingerprint density at radius 2 is 2.25 bits per heavy atom. The molecule has 1 aromatic carbocycles. The molecule has 0 saturated carbocycles. The maximum absolute atomic E-state index is 11.5. The van der Waals surface area contributed by atoms with Gasteiger partial charge >= 0.3 is 5.97 Å². The first-order valence-corrected chi connectivity index (χ1v) is 6.29. The van der Waals surface area contributed by atoms with E-state index in [0.29, 0.717) is 15.6 Å². The van der Waals surface area contributed by atoms with E-state index in [2.05, 4.69) is 20.7 Å². The maximum atomic E-state index is 11.5. The average molecular weight is 321 g/mol. The summed E-state index contributed by atoms with van der Waals surface area (Å²) in [5, 5.41) is 1.34. The number of anilines is 1. The molecular weight excluding hydrogens is 314 g/mol. The van der Waals surface area contributed by atoms with E-state index in [4.69, 9.17) is 17.3 Å². The number of carbonyl (C=O) groups is 1. The van der Waals surface area contributed by atoms with Crippen molar-refractivity contribution >= 4 is 60.6 Å². The van der Waals surface area contributed by atoms with Crippen molar-refractivity contribution in [3.8, 4) is 0 Å². The third-order valence-electron chi connectivity index (χ3n) is 2.16. The van der Waals surface area contributed by atoms with E-state index in [1.807, 2.05) is 6.07 Å². The van der Waals surface area contributed by atoms with Gasteiger partial charge in [0.15, 0.2) is 0 Å². The molecule has 0 fully saturated rings. The quantitative estimate of drug-likeness (QED) is 0.815. The molecule has 2 aromatic rings. The molecule has 0 bridgehead atoms. The molecule has 0 amide bonds. The fourth-order valence-corrected chi connectivity index (χ4v) is 3.19. The molecule has 3 nitrogen and oxygen atoms in total. The number of esters is 1. The van der Waals surface area contributed by atoms with Crippen LogP contribution in [0.15, 0.2) is 16.6 Å². The fourth-order valence-electron chi connectivity index (χ4n) is 1.37. The first-order chi connectivity index (χ1) is 7.56. The lowest BCUT2D eigenvalue weighted by Crippen LogP contribution is -2.01. The van der Waals surface area contributed by atoms with Crippen molar-refractivity contribution in [2.75, 3.05) is 12.8 Å². The molecule has 0 aliphatic carbocycles. The molecule has 1 heterocycles. The molecule has 0 unspecified atom stereocenters. The molecule has 84 valence electrons. The number of carbonyl (C=O) groups excluding carboxylic acids is 1. The molecule has 0 saturated heterocycles. The van der Waals surface area contributed by atoms with E-state index in [1.54, 1.807) is 6.07 Å². The summed E-state index contributed by atoms with van der Waals surface area (Å²) < 4.78 is 6.22. The molecule has 1 aromatic heterocycles. The van der Waals surface area contributed by atoms with Gasteiger partial charge in [-0.1, -0.05) is 17.7 Å². The summed E-state index contributed by atoms with van der Waals surface area (Å²) >= 11 is 10.7. The Kier molecular flexibility index (Phi) is 3.10. The number of benzene rings is 1. The van der Waals surface area contributed by atoms with Crippen LogP contribution in [-0.2, 0) is 4.74 Å². The van der Waals surface area contributed by atoms with Crippen LogP contribution in [0.5, 0.6) is 0 Å². The normalized spacial score (nSPS) is 10.7. The van der Waals surface area contributed by atoms with E-state index in [0.717, 1.165) is 14.6 Å². The van der Waals surface area contributed by atoms with Crippen LogP contribution in [0.1, 0.15) is 9.67 Å². The monoisotopic (exact) mass is 319 g/mol. The van der Waals surface area contributed by atoms with Gasteiger partial charge in [0.1, 0.15) is 4.88 Å². The lowest BCUT2D eigenvalue weighted by Gasteiger charge is -1.97. The van der Waals surface area contributed by atoms with E-state index in [9.17, 15) is 4.79 Å². The second-order valence-electron chi connectivity index (χ2n) is 3.07. The van der Waals surface area contributed by atoms with Crippen molar-refractivity contribution in [3.63, 3.8) is 0 Å². The van der Waals surface area contributed by atoms with Crippen LogP contribution in [0, 0.1) is 0 Å². The van der Waals surface area contributed by atoms with Crippen molar-refractivity contribution in [1.82, 2.24) is 0 Å². The molecule has 16 heavy (non-hydrogen) atoms. The van der Waals surface area contributed by atoms with Gasteiger partial charge in [-0.15, -0.1) is 11.3 Å². The van der Waals surface area contributed by atoms with E-state index in [-0.39, 0.29) is 0 Å². The SMILES string of the molecule is COC(=O)c1sc2c(Cl)c(Br)ccc2c1N. The highest BCUT2D eigenvalue weighted by Gasteiger charge is 2.18. The number of halogens is 2. The number of hydrogen-bond acceptors (Lipinski definition) is 4. The van der Waals surface area contributed by atoms with Crippen LogP contribution in [0.3, 0.4) is 0 Å². The molecule has 0 spiro atoms. The van der Waals surface area contributed by atoms with Gasteiger partial charge in [0, 0.05) is 9.86 Å². The van der Waals surface area contributed by atoms with Gasteiger partial charge < -0.3 is 10.5 Å². The standard InChI is InChI=1S/C10H7BrClNO2S/c1-15-10(14)9-7(13)4-2-3-5(11)6(12)8(4)16-9/h2-3H,13H2,1H3. The molecule has 0 aliphatic rings. The fraction of sp³-hybridized carbons (Fsp3) is 0.100. The molecule has 6 heteroatoms. The van der Waals surface area contributed by atoms with E-state index >= 15 is 0 Å². The molecular formula is C10H7BrClNO2S. The van der Waals surface area contributed by atoms with Crippen molar-refractivity contribution in [3.05, 3.63) is 26.5 Å². The number of rotatable bonds is 1. The highest BCUT2D eigenvalue weighted by molar-refractivity contribution is 9.10. The number of ether oxygens (including phenoxy) is 1. The second-order valence-corrected chi connectivity index (χ2v) is 5.33. The summed E-state index contributed by atoms with van der Waals surface area (Å²) in [4.78, 5) is 11.8. The molecule has 2 rings (SSSR count). The zero-order chi connectivity index (χ0) is 11.9. The third-order valence-corrected chi connectivity index (χ3v) is 4.77. The van der Waals surface area contributed by atoms with Gasteiger partial charge in [0.05, 0.1) is 22.5 Å². The molecule has 0 atom stereocenters. The van der Waals surface area contributed by atoms with Crippen LogP contribution in [0.25, 0.3) is 10.1 Å². The number of hydrogen-bond donors (Lipinski definition) is 1. The van der Waals surface area contributed by atoms with Crippen LogP contribution < -0.4 is 5.73 Å². The van der Waals surface area contributed by atoms with Gasteiger partial charge in [-0.2, -0.15) is 0 Å². The first-order valence-electron chi connectivity index (χ1n) is 4.30. The van der Waals surface area contributed by atoms with Gasteiger partial charge in [0.25, 0.3) is 0 Å². The Bertz CT molecular complexity index is 582. The van der Waals surface area contributed by atoms with E-state index < -0.39 is 5.97 Å². The van der Waals surface area contributed by atoms with Gasteiger partial charge in [-0.05, 0) is 22.0 Å². The molecule has 0 aliphatic heterocycles. The molecule has 2 N–H and O–H groups in total. The van der Waals surface area contributed by atoms with Crippen LogP contribution >= 0.6 is 38.9 Å². The van der Waals surface area contributed by atoms with Gasteiger partial charge in [-0.3, -0.25) is 0 Å². The van der Waals surface area contributed by atoms with Crippen molar-refractivity contribution in [2.45, 2.75) is 0 Å². The minimum atomic E-state index is -0.439. The van der Waals surface area contributed by atoms with Crippen LogP contribution in [0.4, 0.5) is 5.69 Å². The average Bonchev–Trinajstić information content (AvgIpc) is 2.61. The zero-order valence-corrected chi connectivity index (χ0v) is 11.4. The Labute approximate surface area is 109 Å². The van der Waals surface area contributed by atoms with Crippen molar-refractivity contribution in [2.24, 2.45) is 0 Å². The number of nitrogen functional groups attached to an aromatic ring is 1. The van der Waals surface area contributed by atoms with Crippen LogP contribution in [0.2, 0.25) is 5.02 Å². The smallest absolute Gasteiger partial charge is 0.350 e. The second kappa shape index (κ2) is 4.24. The lowest BCUT2D eigenvalue weighted by molar-refractivity contribution is 0.0607. The lowest BCUT2D eigenvalue weighted by atomic mass is 10.2. The maximum Gasteiger partial charge on any atom is 0.350 e. The summed E-state index contributed by atoms with van der Waals surface area (Å²) in [6.07, 6.45) is 0. The predicted octanol–water partition coefficient (Wildman–Crippen LogP) is 3.69. The Morgan fingerprint density at radius 3 is 2.88 bits per heavy atom. The predicted molar refractivity (Wildman–Crippen MR) is 70.3 cm³/mol. The Morgan fingerprint density at radius 1 is 1.56 bits per heavy atom. The summed E-state index contributed by atoms with van der Waals surface area (Å²) in [6.45, 7) is 0. The van der Waals surface area contributed by atoms with Crippen molar-refractivity contribution in [1.29, 1.82) is 0 Å². The summed E-state index contributed by atoms with van der Waals surface area (Å²) in [6, 6.07) is 3.62. The van der Waals surface area contributed by atoms with Gasteiger partial charge in [0.2, 0.25) is 0 Å². The van der Waals surface area contributed by atoms with Crippen LogP contribution in [-0.4, -0.2) is 13.1 Å². The first kappa shape index (κ1) is 11.7. The Hall–Kier alpha value is -0.780. The van der Waals surface area contributed by atoms with E-state index in [1.165, 1.54) is 18.4 Å².